The van der Waals surface area contributed by atoms with Crippen molar-refractivity contribution in [2.45, 2.75) is 6.42 Å². The molecular weight excluding hydrogens is 1310 g/mol. The molecule has 0 aliphatic heterocycles. The fourth-order valence-corrected chi connectivity index (χ4v) is 13.9. The van der Waals surface area contributed by atoms with E-state index in [1.807, 2.05) is 72.8 Å². The third kappa shape index (κ3) is 19.3. The van der Waals surface area contributed by atoms with E-state index in [1.54, 1.807) is 0 Å². The summed E-state index contributed by atoms with van der Waals surface area (Å²) >= 11 is 0. The van der Waals surface area contributed by atoms with E-state index in [4.69, 9.17) is 0 Å². The molecule has 0 amide bonds. The van der Waals surface area contributed by atoms with Gasteiger partial charge in [-0.3, -0.25) is 0 Å². The standard InChI is InChI=1S/C24H18.C18H12.2C18H14.C13H10.C12H10.C6H6/c1-4-10-19(11-5-1)22-16-23(20-12-6-2-7-13-20)18-24(17-22)21-14-8-3-9-15-21;1-2-8-14-13(7-1)15-9-3-4-11-17(15)18-12-6-5-10-16(14)18;1-3-8-15(9-4-1)17-12-7-13-18(14-17)16-10-5-2-6-11-16;1-3-7-15(8-4-1)17-11-13-18(14-12-17)16-9-5-2-6-10-16;1-3-7-12-10(5-1)9-11-6-2-4-8-13(11)12;1-3-7-11(8-4-1)12-9-5-2-6-10-12;1-2-4-6-5-3-1/h1-18H;1-12H;2*1-14H;1-8H,9H2;1-10H;1-6H. The molecule has 0 spiro atoms. The second-order valence-electron chi connectivity index (χ2n) is 26.5. The van der Waals surface area contributed by atoms with Crippen molar-refractivity contribution in [1.29, 1.82) is 0 Å². The van der Waals surface area contributed by atoms with Gasteiger partial charge in [-0.1, -0.05) is 473 Å². The molecule has 0 saturated heterocycles. The molecule has 0 heterocycles. The lowest BCUT2D eigenvalue weighted by molar-refractivity contribution is 1.26. The zero-order valence-electron chi connectivity index (χ0n) is 61.0. The summed E-state index contributed by atoms with van der Waals surface area (Å²) in [7, 11) is 0. The molecule has 1 aliphatic carbocycles. The van der Waals surface area contributed by atoms with Crippen LogP contribution < -0.4 is 0 Å². The van der Waals surface area contributed by atoms with Gasteiger partial charge in [-0.05, 0) is 174 Å². The van der Waals surface area contributed by atoms with Gasteiger partial charge in [0.1, 0.15) is 0 Å². The third-order valence-corrected chi connectivity index (χ3v) is 19.3. The van der Waals surface area contributed by atoms with Crippen molar-refractivity contribution < 1.29 is 0 Å². The molecule has 0 radical (unpaired) electrons. The van der Waals surface area contributed by atoms with Crippen LogP contribution in [0, 0.1) is 0 Å². The van der Waals surface area contributed by atoms with E-state index in [0.717, 1.165) is 6.42 Å². The summed E-state index contributed by atoms with van der Waals surface area (Å²) in [5.41, 5.74) is 25.9. The Bertz CT molecular complexity index is 5330. The minimum atomic E-state index is 1.10. The average molecular weight is 1390 g/mol. The van der Waals surface area contributed by atoms with Gasteiger partial charge in [0, 0.05) is 0 Å². The summed E-state index contributed by atoms with van der Waals surface area (Å²) in [4.78, 5) is 0. The van der Waals surface area contributed by atoms with Crippen molar-refractivity contribution in [1.82, 2.24) is 0 Å². The van der Waals surface area contributed by atoms with Crippen molar-refractivity contribution in [2.24, 2.45) is 0 Å². The van der Waals surface area contributed by atoms with Crippen molar-refractivity contribution in [3.05, 3.63) is 509 Å². The Kier molecular flexibility index (Phi) is 24.8. The number of hydrogen-bond donors (Lipinski definition) is 0. The predicted octanol–water partition coefficient (Wildman–Crippen LogP) is 30.2. The first-order valence-corrected chi connectivity index (χ1v) is 37.4. The van der Waals surface area contributed by atoms with Gasteiger partial charge in [0.15, 0.2) is 0 Å². The van der Waals surface area contributed by atoms with E-state index in [1.165, 1.54) is 144 Å². The molecule has 109 heavy (non-hydrogen) atoms. The normalized spacial score (nSPS) is 10.5. The van der Waals surface area contributed by atoms with Crippen LogP contribution in [0.15, 0.2) is 497 Å². The van der Waals surface area contributed by atoms with Crippen LogP contribution in [0.2, 0.25) is 0 Å². The molecule has 0 N–H and O–H groups in total. The Morgan fingerprint density at radius 3 is 0.477 bits per heavy atom. The lowest BCUT2D eigenvalue weighted by Gasteiger charge is -2.11. The van der Waals surface area contributed by atoms with Crippen LogP contribution in [0.3, 0.4) is 0 Å². The van der Waals surface area contributed by atoms with Gasteiger partial charge in [-0.15, -0.1) is 0 Å². The van der Waals surface area contributed by atoms with Crippen LogP contribution in [-0.2, 0) is 6.42 Å². The largest absolute Gasteiger partial charge is 0.0623 e. The fourth-order valence-electron chi connectivity index (χ4n) is 13.9. The Morgan fingerprint density at radius 2 is 0.248 bits per heavy atom. The zero-order valence-corrected chi connectivity index (χ0v) is 61.0. The van der Waals surface area contributed by atoms with Gasteiger partial charge in [0.2, 0.25) is 0 Å². The summed E-state index contributed by atoms with van der Waals surface area (Å²) in [5.74, 6) is 0. The minimum Gasteiger partial charge on any atom is -0.0623 e. The van der Waals surface area contributed by atoms with Crippen molar-refractivity contribution in [3.63, 3.8) is 0 Å². The molecule has 0 aromatic heterocycles. The molecule has 19 aromatic carbocycles. The topological polar surface area (TPSA) is 0 Å². The number of rotatable bonds is 8. The molecule has 19 aromatic rings. The molecule has 0 fully saturated rings. The van der Waals surface area contributed by atoms with Crippen LogP contribution in [0.4, 0.5) is 0 Å². The number of hydrogen-bond acceptors (Lipinski definition) is 0. The lowest BCUT2D eigenvalue weighted by atomic mass is 9.93. The van der Waals surface area contributed by atoms with Crippen LogP contribution in [0.5, 0.6) is 0 Å². The maximum absolute atomic E-state index is 2.27. The van der Waals surface area contributed by atoms with E-state index in [0.29, 0.717) is 0 Å². The summed E-state index contributed by atoms with van der Waals surface area (Å²) in [5, 5.41) is 8.04. The van der Waals surface area contributed by atoms with Crippen molar-refractivity contribution >= 4 is 32.3 Å². The second kappa shape index (κ2) is 37.6. The highest BCUT2D eigenvalue weighted by Gasteiger charge is 2.16. The SMILES string of the molecule is c1ccc(-c2cc(-c3ccccc3)cc(-c3ccccc3)c2)cc1.c1ccc(-c2ccc(-c3ccccc3)cc2)cc1.c1ccc(-c2cccc(-c3ccccc3)c2)cc1.c1ccc(-c2ccccc2)cc1.c1ccc2c(c1)Cc1ccccc1-2.c1ccc2c(c1)c1ccccc1c1ccccc21.c1ccccc1. The molecule has 0 atom stereocenters. The molecular formula is C109H84. The maximum Gasteiger partial charge on any atom is -0.00135 e. The zero-order chi connectivity index (χ0) is 73.7. The Hall–Kier alpha value is -14.0. The Balaban J connectivity index is 0.000000109. The van der Waals surface area contributed by atoms with E-state index in [2.05, 4.69) is 425 Å². The van der Waals surface area contributed by atoms with Crippen LogP contribution in [-0.4, -0.2) is 0 Å². The van der Waals surface area contributed by atoms with Crippen molar-refractivity contribution in [3.8, 4) is 100 Å². The minimum absolute atomic E-state index is 1.10. The van der Waals surface area contributed by atoms with E-state index in [-0.39, 0.29) is 0 Å². The van der Waals surface area contributed by atoms with Crippen molar-refractivity contribution in [2.75, 3.05) is 0 Å². The van der Waals surface area contributed by atoms with E-state index >= 15 is 0 Å². The molecule has 520 valence electrons. The summed E-state index contributed by atoms with van der Waals surface area (Å²) in [6.45, 7) is 0. The van der Waals surface area contributed by atoms with Crippen LogP contribution in [0.1, 0.15) is 11.1 Å². The molecule has 20 rings (SSSR count). The second-order valence-corrected chi connectivity index (χ2v) is 26.5. The molecule has 0 unspecified atom stereocenters. The van der Waals surface area contributed by atoms with Gasteiger partial charge >= 0.3 is 0 Å². The molecule has 1 aliphatic rings. The molecule has 0 heteroatoms. The summed E-state index contributed by atoms with van der Waals surface area (Å²) in [6, 6.07) is 174. The highest BCUT2D eigenvalue weighted by Crippen LogP contribution is 2.38. The molecule has 0 bridgehead atoms. The highest BCUT2D eigenvalue weighted by atomic mass is 14.2. The lowest BCUT2D eigenvalue weighted by Crippen LogP contribution is -1.85. The van der Waals surface area contributed by atoms with Gasteiger partial charge in [0.25, 0.3) is 0 Å². The first-order chi connectivity index (χ1) is 54.1. The monoisotopic (exact) mass is 1390 g/mol. The van der Waals surface area contributed by atoms with Gasteiger partial charge in [-0.25, -0.2) is 0 Å². The van der Waals surface area contributed by atoms with Gasteiger partial charge in [0.05, 0.1) is 0 Å². The molecule has 0 nitrogen and oxygen atoms in total. The van der Waals surface area contributed by atoms with Gasteiger partial charge < -0.3 is 0 Å². The first kappa shape index (κ1) is 71.9. The maximum atomic E-state index is 2.27. The third-order valence-electron chi connectivity index (χ3n) is 19.3. The first-order valence-electron chi connectivity index (χ1n) is 37.4. The Labute approximate surface area is 643 Å². The smallest absolute Gasteiger partial charge is 0.00135 e. The fraction of sp³-hybridized carbons (Fsp3) is 0.00917. The van der Waals surface area contributed by atoms with E-state index in [9.17, 15) is 0 Å². The highest BCUT2D eigenvalue weighted by molar-refractivity contribution is 6.25. The van der Waals surface area contributed by atoms with E-state index < -0.39 is 0 Å². The summed E-state index contributed by atoms with van der Waals surface area (Å²) < 4.78 is 0. The van der Waals surface area contributed by atoms with Crippen LogP contribution in [0.25, 0.3) is 132 Å². The Morgan fingerprint density at radius 1 is 0.101 bits per heavy atom. The average Bonchev–Trinajstić information content (AvgIpc) is 1.65. The van der Waals surface area contributed by atoms with Crippen LogP contribution >= 0.6 is 0 Å². The predicted molar refractivity (Wildman–Crippen MR) is 469 cm³/mol. The number of benzene rings is 19. The van der Waals surface area contributed by atoms with Gasteiger partial charge in [-0.2, -0.15) is 0 Å². The number of fused-ring (bicyclic) bond motifs is 9. The summed E-state index contributed by atoms with van der Waals surface area (Å²) in [6.07, 6.45) is 1.10. The quantitative estimate of drug-likeness (QED) is 0.133. The molecule has 0 saturated carbocycles.